The number of hydrogen-bond donors (Lipinski definition) is 2. The lowest BCUT2D eigenvalue weighted by Crippen LogP contribution is -2.26. The highest BCUT2D eigenvalue weighted by Crippen LogP contribution is 2.13. The van der Waals surface area contributed by atoms with Crippen LogP contribution in [0.1, 0.15) is 26.4 Å². The maximum Gasteiger partial charge on any atom is 0.271 e. The number of nitrogens with one attached hydrogen (secondary N) is 2. The zero-order valence-corrected chi connectivity index (χ0v) is 15.8. The summed E-state index contributed by atoms with van der Waals surface area (Å²) in [6.45, 7) is 0.467. The van der Waals surface area contributed by atoms with Crippen LogP contribution in [0.4, 0.5) is 5.82 Å². The maximum absolute atomic E-state index is 12.4. The molecule has 0 radical (unpaired) electrons. The van der Waals surface area contributed by atoms with Gasteiger partial charge in [-0.25, -0.2) is 0 Å². The third kappa shape index (κ3) is 4.76. The minimum Gasteiger partial charge on any atom is -0.497 e. The quantitative estimate of drug-likeness (QED) is 0.662. The first-order chi connectivity index (χ1) is 13.6. The maximum atomic E-state index is 12.4. The summed E-state index contributed by atoms with van der Waals surface area (Å²) in [4.78, 5) is 24.6. The standard InChI is InChI=1S/C21H22N4O3/c1-25-19(23-20(26)16-8-4-3-5-9-16)14-18(24-25)21(27)22-12-11-15-7-6-10-17(13-15)28-2/h3-10,13-14H,11-12H2,1-2H3,(H,22,27)(H,23,26). The molecule has 0 aliphatic heterocycles. The van der Waals surface area contributed by atoms with E-state index < -0.39 is 0 Å². The number of nitrogens with zero attached hydrogens (tertiary/aromatic N) is 2. The van der Waals surface area contributed by atoms with Crippen molar-refractivity contribution in [3.8, 4) is 5.75 Å². The zero-order valence-electron chi connectivity index (χ0n) is 15.8. The van der Waals surface area contributed by atoms with Crippen LogP contribution in [0.2, 0.25) is 0 Å². The second kappa shape index (κ2) is 8.85. The Balaban J connectivity index is 1.57. The first kappa shape index (κ1) is 19.2. The van der Waals surface area contributed by atoms with Crippen LogP contribution < -0.4 is 15.4 Å². The predicted molar refractivity (Wildman–Crippen MR) is 107 cm³/mol. The molecule has 0 saturated carbocycles. The second-order valence-electron chi connectivity index (χ2n) is 6.22. The van der Waals surface area contributed by atoms with E-state index in [4.69, 9.17) is 4.74 Å². The third-order valence-corrected chi connectivity index (χ3v) is 4.22. The SMILES string of the molecule is COc1cccc(CCNC(=O)c2cc(NC(=O)c3ccccc3)n(C)n2)c1. The molecule has 0 saturated heterocycles. The van der Waals surface area contributed by atoms with Crippen molar-refractivity contribution in [3.05, 3.63) is 77.5 Å². The van der Waals surface area contributed by atoms with Crippen molar-refractivity contribution in [2.45, 2.75) is 6.42 Å². The lowest BCUT2D eigenvalue weighted by atomic mass is 10.1. The Morgan fingerprint density at radius 2 is 1.82 bits per heavy atom. The molecule has 3 rings (SSSR count). The molecule has 0 aliphatic rings. The van der Waals surface area contributed by atoms with E-state index in [1.165, 1.54) is 4.68 Å². The first-order valence-corrected chi connectivity index (χ1v) is 8.88. The van der Waals surface area contributed by atoms with Gasteiger partial charge in [0.1, 0.15) is 11.6 Å². The van der Waals surface area contributed by atoms with Gasteiger partial charge in [0.2, 0.25) is 0 Å². The highest BCUT2D eigenvalue weighted by Gasteiger charge is 2.15. The van der Waals surface area contributed by atoms with Crippen LogP contribution in [-0.4, -0.2) is 35.2 Å². The lowest BCUT2D eigenvalue weighted by Gasteiger charge is -2.05. The van der Waals surface area contributed by atoms with Crippen molar-refractivity contribution >= 4 is 17.6 Å². The van der Waals surface area contributed by atoms with Gasteiger partial charge in [-0.2, -0.15) is 5.10 Å². The number of benzene rings is 2. The Bertz CT molecular complexity index is 967. The molecule has 0 fully saturated rings. The fraction of sp³-hybridized carbons (Fsp3) is 0.190. The summed E-state index contributed by atoms with van der Waals surface area (Å²) in [5, 5.41) is 9.79. The fourth-order valence-electron chi connectivity index (χ4n) is 2.71. The Labute approximate surface area is 163 Å². The van der Waals surface area contributed by atoms with E-state index >= 15 is 0 Å². The van der Waals surface area contributed by atoms with Crippen molar-refractivity contribution in [1.82, 2.24) is 15.1 Å². The molecule has 0 atom stereocenters. The van der Waals surface area contributed by atoms with Crippen molar-refractivity contribution in [2.24, 2.45) is 7.05 Å². The molecular weight excluding hydrogens is 356 g/mol. The van der Waals surface area contributed by atoms with Crippen molar-refractivity contribution in [2.75, 3.05) is 19.0 Å². The number of carbonyl (C=O) groups is 2. The van der Waals surface area contributed by atoms with E-state index in [0.717, 1.165) is 11.3 Å². The molecule has 2 amide bonds. The number of rotatable bonds is 7. The Morgan fingerprint density at radius 1 is 1.04 bits per heavy atom. The average Bonchev–Trinajstić information content (AvgIpc) is 3.09. The van der Waals surface area contributed by atoms with Gasteiger partial charge in [0.25, 0.3) is 11.8 Å². The minimum absolute atomic E-state index is 0.247. The summed E-state index contributed by atoms with van der Waals surface area (Å²) in [5.74, 6) is 0.687. The number of anilines is 1. The fourth-order valence-corrected chi connectivity index (χ4v) is 2.71. The molecule has 0 unspecified atom stereocenters. The second-order valence-corrected chi connectivity index (χ2v) is 6.22. The third-order valence-electron chi connectivity index (χ3n) is 4.22. The number of ether oxygens (including phenoxy) is 1. The average molecular weight is 378 g/mol. The summed E-state index contributed by atoms with van der Waals surface area (Å²) < 4.78 is 6.67. The van der Waals surface area contributed by atoms with E-state index in [0.29, 0.717) is 24.3 Å². The van der Waals surface area contributed by atoms with Gasteiger partial charge in [0.15, 0.2) is 5.69 Å². The molecule has 1 heterocycles. The minimum atomic E-state index is -0.293. The van der Waals surface area contributed by atoms with Gasteiger partial charge < -0.3 is 15.4 Å². The molecule has 0 aliphatic carbocycles. The van der Waals surface area contributed by atoms with E-state index in [2.05, 4.69) is 15.7 Å². The van der Waals surface area contributed by atoms with Gasteiger partial charge in [-0.3, -0.25) is 14.3 Å². The van der Waals surface area contributed by atoms with E-state index in [1.54, 1.807) is 44.5 Å². The number of aromatic nitrogens is 2. The molecule has 3 aromatic rings. The van der Waals surface area contributed by atoms with Crippen LogP contribution in [0, 0.1) is 0 Å². The zero-order chi connectivity index (χ0) is 19.9. The Hall–Kier alpha value is -3.61. The summed E-state index contributed by atoms with van der Waals surface area (Å²) in [6.07, 6.45) is 0.674. The molecule has 28 heavy (non-hydrogen) atoms. The lowest BCUT2D eigenvalue weighted by molar-refractivity contribution is 0.0947. The largest absolute Gasteiger partial charge is 0.497 e. The number of hydrogen-bond acceptors (Lipinski definition) is 4. The smallest absolute Gasteiger partial charge is 0.271 e. The van der Waals surface area contributed by atoms with Crippen LogP contribution in [-0.2, 0) is 13.5 Å². The van der Waals surface area contributed by atoms with Crippen LogP contribution in [0.5, 0.6) is 5.75 Å². The number of methoxy groups -OCH3 is 1. The molecule has 0 bridgehead atoms. The van der Waals surface area contributed by atoms with Crippen LogP contribution in [0.25, 0.3) is 0 Å². The molecule has 2 aromatic carbocycles. The van der Waals surface area contributed by atoms with E-state index in [-0.39, 0.29) is 17.5 Å². The number of aryl methyl sites for hydroxylation is 1. The monoisotopic (exact) mass is 378 g/mol. The van der Waals surface area contributed by atoms with E-state index in [9.17, 15) is 9.59 Å². The number of carbonyl (C=O) groups excluding carboxylic acids is 2. The molecular formula is C21H22N4O3. The van der Waals surface area contributed by atoms with Gasteiger partial charge in [-0.1, -0.05) is 30.3 Å². The molecule has 2 N–H and O–H groups in total. The summed E-state index contributed by atoms with van der Waals surface area (Å²) in [7, 11) is 3.30. The van der Waals surface area contributed by atoms with Gasteiger partial charge in [0.05, 0.1) is 7.11 Å². The van der Waals surface area contributed by atoms with Gasteiger partial charge >= 0.3 is 0 Å². The highest BCUT2D eigenvalue weighted by atomic mass is 16.5. The Kier molecular flexibility index (Phi) is 6.06. The highest BCUT2D eigenvalue weighted by molar-refractivity contribution is 6.04. The van der Waals surface area contributed by atoms with Crippen molar-refractivity contribution in [1.29, 1.82) is 0 Å². The van der Waals surface area contributed by atoms with E-state index in [1.807, 2.05) is 30.3 Å². The van der Waals surface area contributed by atoms with Crippen LogP contribution in [0.15, 0.2) is 60.7 Å². The first-order valence-electron chi connectivity index (χ1n) is 8.88. The molecule has 7 nitrogen and oxygen atoms in total. The van der Waals surface area contributed by atoms with Crippen molar-refractivity contribution in [3.63, 3.8) is 0 Å². The summed E-state index contributed by atoms with van der Waals surface area (Å²) in [5.41, 5.74) is 1.85. The number of amides is 2. The Morgan fingerprint density at radius 3 is 2.57 bits per heavy atom. The predicted octanol–water partition coefficient (Wildman–Crippen LogP) is 2.65. The normalized spacial score (nSPS) is 10.4. The van der Waals surface area contributed by atoms with Gasteiger partial charge in [-0.05, 0) is 36.2 Å². The van der Waals surface area contributed by atoms with Crippen molar-refractivity contribution < 1.29 is 14.3 Å². The molecule has 1 aromatic heterocycles. The topological polar surface area (TPSA) is 85.3 Å². The summed E-state index contributed by atoms with van der Waals surface area (Å²) in [6, 6.07) is 18.1. The van der Waals surface area contributed by atoms with Gasteiger partial charge in [-0.15, -0.1) is 0 Å². The van der Waals surface area contributed by atoms with Gasteiger partial charge in [0, 0.05) is 25.2 Å². The summed E-state index contributed by atoms with van der Waals surface area (Å²) >= 11 is 0. The van der Waals surface area contributed by atoms with Crippen LogP contribution >= 0.6 is 0 Å². The molecule has 144 valence electrons. The molecule has 0 spiro atoms. The van der Waals surface area contributed by atoms with Crippen LogP contribution in [0.3, 0.4) is 0 Å². The molecule has 7 heteroatoms.